The van der Waals surface area contributed by atoms with E-state index in [0.29, 0.717) is 26.1 Å². The molecule has 2 aromatic carbocycles. The summed E-state index contributed by atoms with van der Waals surface area (Å²) < 4.78 is 25.5. The van der Waals surface area contributed by atoms with E-state index in [4.69, 9.17) is 0 Å². The molecule has 0 radical (unpaired) electrons. The minimum atomic E-state index is -3.44. The molecule has 2 N–H and O–H groups in total. The van der Waals surface area contributed by atoms with E-state index >= 15 is 0 Å². The summed E-state index contributed by atoms with van der Waals surface area (Å²) in [6, 6.07) is 14.3. The van der Waals surface area contributed by atoms with Gasteiger partial charge in [-0.25, -0.2) is 17.5 Å². The van der Waals surface area contributed by atoms with Crippen LogP contribution in [0, 0.1) is 0 Å². The van der Waals surface area contributed by atoms with Gasteiger partial charge in [0.15, 0.2) is 0 Å². The van der Waals surface area contributed by atoms with Gasteiger partial charge in [0.05, 0.1) is 4.90 Å². The maximum absolute atomic E-state index is 12.6. The minimum absolute atomic E-state index is 0.0286. The van der Waals surface area contributed by atoms with Crippen LogP contribution in [0.4, 0.5) is 4.79 Å². The van der Waals surface area contributed by atoms with Crippen molar-refractivity contribution < 1.29 is 18.0 Å². The molecule has 3 amide bonds. The summed E-state index contributed by atoms with van der Waals surface area (Å²) in [4.78, 5) is 27.2. The lowest BCUT2D eigenvalue weighted by atomic mass is 9.78. The van der Waals surface area contributed by atoms with Gasteiger partial charge in [-0.3, -0.25) is 4.79 Å². The standard InChI is InChI=1S/C24H30N4O4S/c1-27(2)33(31,32)20-9-7-18(8-10-20)11-14-25-23(30)28-15-12-24(13-16-28)17-19-5-3-4-6-21(19)22(29)26-24/h3-10H,11-17H2,1-2H3,(H,25,30)(H,26,29). The summed E-state index contributed by atoms with van der Waals surface area (Å²) in [5.74, 6) is -0.0286. The number of urea groups is 1. The molecular weight excluding hydrogens is 440 g/mol. The lowest BCUT2D eigenvalue weighted by Gasteiger charge is -2.44. The molecule has 0 bridgehead atoms. The van der Waals surface area contributed by atoms with Crippen molar-refractivity contribution >= 4 is 22.0 Å². The summed E-state index contributed by atoms with van der Waals surface area (Å²) in [5, 5.41) is 6.14. The predicted molar refractivity (Wildman–Crippen MR) is 126 cm³/mol. The first-order valence-electron chi connectivity index (χ1n) is 11.1. The highest BCUT2D eigenvalue weighted by Gasteiger charge is 2.41. The Morgan fingerprint density at radius 3 is 2.42 bits per heavy atom. The van der Waals surface area contributed by atoms with Crippen molar-refractivity contribution in [3.05, 3.63) is 65.2 Å². The maximum atomic E-state index is 12.6. The van der Waals surface area contributed by atoms with Gasteiger partial charge in [-0.15, -0.1) is 0 Å². The first kappa shape index (κ1) is 23.3. The Kier molecular flexibility index (Phi) is 6.45. The van der Waals surface area contributed by atoms with E-state index in [-0.39, 0.29) is 22.4 Å². The van der Waals surface area contributed by atoms with Crippen LogP contribution in [0.15, 0.2) is 53.4 Å². The number of carbonyl (C=O) groups excluding carboxylic acids is 2. The smallest absolute Gasteiger partial charge is 0.317 e. The van der Waals surface area contributed by atoms with Gasteiger partial charge in [0.1, 0.15) is 0 Å². The molecule has 2 aromatic rings. The number of hydrogen-bond donors (Lipinski definition) is 2. The second-order valence-electron chi connectivity index (χ2n) is 8.97. The minimum Gasteiger partial charge on any atom is -0.346 e. The van der Waals surface area contributed by atoms with Crippen LogP contribution in [0.2, 0.25) is 0 Å². The highest BCUT2D eigenvalue weighted by Crippen LogP contribution is 2.31. The van der Waals surface area contributed by atoms with E-state index in [1.54, 1.807) is 29.2 Å². The molecule has 4 rings (SSSR count). The van der Waals surface area contributed by atoms with Crippen LogP contribution in [-0.4, -0.2) is 68.8 Å². The number of fused-ring (bicyclic) bond motifs is 1. The number of carbonyl (C=O) groups is 2. The lowest BCUT2D eigenvalue weighted by molar-refractivity contribution is 0.0804. The van der Waals surface area contributed by atoms with Crippen molar-refractivity contribution in [2.24, 2.45) is 0 Å². The number of sulfonamides is 1. The number of rotatable bonds is 5. The Bertz CT molecular complexity index is 1140. The summed E-state index contributed by atoms with van der Waals surface area (Å²) in [6.07, 6.45) is 2.85. The molecule has 1 fully saturated rings. The van der Waals surface area contributed by atoms with Gasteiger partial charge in [-0.05, 0) is 55.0 Å². The van der Waals surface area contributed by atoms with Crippen molar-refractivity contribution in [1.29, 1.82) is 0 Å². The Hall–Kier alpha value is -2.91. The third kappa shape index (κ3) is 4.89. The first-order valence-corrected chi connectivity index (χ1v) is 12.6. The zero-order valence-electron chi connectivity index (χ0n) is 19.0. The van der Waals surface area contributed by atoms with Gasteiger partial charge in [-0.2, -0.15) is 0 Å². The molecule has 33 heavy (non-hydrogen) atoms. The molecule has 8 nitrogen and oxygen atoms in total. The molecule has 1 saturated heterocycles. The van der Waals surface area contributed by atoms with Gasteiger partial charge in [-0.1, -0.05) is 30.3 Å². The van der Waals surface area contributed by atoms with E-state index in [1.807, 2.05) is 24.3 Å². The predicted octanol–water partition coefficient (Wildman–Crippen LogP) is 2.01. The van der Waals surface area contributed by atoms with E-state index in [2.05, 4.69) is 10.6 Å². The van der Waals surface area contributed by atoms with Crippen LogP contribution < -0.4 is 10.6 Å². The number of piperidine rings is 1. The summed E-state index contributed by atoms with van der Waals surface area (Å²) in [6.45, 7) is 1.64. The van der Waals surface area contributed by atoms with Gasteiger partial charge < -0.3 is 15.5 Å². The molecule has 0 aliphatic carbocycles. The van der Waals surface area contributed by atoms with Crippen molar-refractivity contribution in [2.75, 3.05) is 33.7 Å². The molecule has 0 saturated carbocycles. The van der Waals surface area contributed by atoms with Crippen molar-refractivity contribution in [1.82, 2.24) is 19.8 Å². The molecule has 176 valence electrons. The Morgan fingerprint density at radius 2 is 1.76 bits per heavy atom. The molecular formula is C24H30N4O4S. The fourth-order valence-electron chi connectivity index (χ4n) is 4.52. The zero-order chi connectivity index (χ0) is 23.6. The number of benzene rings is 2. The monoisotopic (exact) mass is 470 g/mol. The normalized spacial score (nSPS) is 17.5. The topological polar surface area (TPSA) is 98.8 Å². The molecule has 1 spiro atoms. The number of likely N-dealkylation sites (tertiary alicyclic amines) is 1. The first-order chi connectivity index (χ1) is 15.7. The number of hydrogen-bond acceptors (Lipinski definition) is 4. The van der Waals surface area contributed by atoms with Crippen LogP contribution in [0.3, 0.4) is 0 Å². The SMILES string of the molecule is CN(C)S(=O)(=O)c1ccc(CCNC(=O)N2CCC3(CC2)Cc2ccccc2C(=O)N3)cc1. The van der Waals surface area contributed by atoms with Crippen LogP contribution in [0.25, 0.3) is 0 Å². The molecule has 0 aromatic heterocycles. The van der Waals surface area contributed by atoms with Crippen molar-refractivity contribution in [2.45, 2.75) is 36.1 Å². The van der Waals surface area contributed by atoms with Crippen molar-refractivity contribution in [3.63, 3.8) is 0 Å². The number of nitrogens with zero attached hydrogens (tertiary/aromatic N) is 2. The van der Waals surface area contributed by atoms with E-state index in [9.17, 15) is 18.0 Å². The van der Waals surface area contributed by atoms with Gasteiger partial charge in [0, 0.05) is 44.8 Å². The second kappa shape index (κ2) is 9.15. The number of amides is 3. The largest absolute Gasteiger partial charge is 0.346 e. The molecule has 2 heterocycles. The highest BCUT2D eigenvalue weighted by molar-refractivity contribution is 7.89. The number of nitrogens with one attached hydrogen (secondary N) is 2. The van der Waals surface area contributed by atoms with Crippen LogP contribution in [-0.2, 0) is 22.9 Å². The Morgan fingerprint density at radius 1 is 1.09 bits per heavy atom. The summed E-state index contributed by atoms with van der Waals surface area (Å²) in [5.41, 5.74) is 2.49. The van der Waals surface area contributed by atoms with Crippen molar-refractivity contribution in [3.8, 4) is 0 Å². The highest BCUT2D eigenvalue weighted by atomic mass is 32.2. The second-order valence-corrected chi connectivity index (χ2v) is 11.1. The Labute approximate surface area is 195 Å². The summed E-state index contributed by atoms with van der Waals surface area (Å²) in [7, 11) is -0.439. The fraction of sp³-hybridized carbons (Fsp3) is 0.417. The zero-order valence-corrected chi connectivity index (χ0v) is 19.8. The Balaban J connectivity index is 1.26. The maximum Gasteiger partial charge on any atom is 0.317 e. The van der Waals surface area contributed by atoms with Gasteiger partial charge in [0.25, 0.3) is 5.91 Å². The molecule has 0 unspecified atom stereocenters. The molecule has 0 atom stereocenters. The summed E-state index contributed by atoms with van der Waals surface area (Å²) >= 11 is 0. The molecule has 2 aliphatic rings. The van der Waals surface area contributed by atoms with Crippen LogP contribution >= 0.6 is 0 Å². The molecule has 9 heteroatoms. The average molecular weight is 471 g/mol. The third-order valence-electron chi connectivity index (χ3n) is 6.57. The van der Waals surface area contributed by atoms with Crippen LogP contribution in [0.1, 0.15) is 34.3 Å². The van der Waals surface area contributed by atoms with E-state index in [0.717, 1.165) is 36.0 Å². The van der Waals surface area contributed by atoms with E-state index in [1.165, 1.54) is 18.4 Å². The van der Waals surface area contributed by atoms with Crippen LogP contribution in [0.5, 0.6) is 0 Å². The fourth-order valence-corrected chi connectivity index (χ4v) is 5.42. The van der Waals surface area contributed by atoms with E-state index < -0.39 is 10.0 Å². The molecule has 2 aliphatic heterocycles. The average Bonchev–Trinajstić information content (AvgIpc) is 2.79. The van der Waals surface area contributed by atoms with Gasteiger partial charge in [0.2, 0.25) is 10.0 Å². The lowest BCUT2D eigenvalue weighted by Crippen LogP contribution is -2.60. The third-order valence-corrected chi connectivity index (χ3v) is 8.40. The quantitative estimate of drug-likeness (QED) is 0.698. The van der Waals surface area contributed by atoms with Gasteiger partial charge >= 0.3 is 6.03 Å².